The Morgan fingerprint density at radius 2 is 1.73 bits per heavy atom. The van der Waals surface area contributed by atoms with Crippen molar-refractivity contribution in [1.29, 1.82) is 0 Å². The van der Waals surface area contributed by atoms with E-state index in [4.69, 9.17) is 12.3 Å². The summed E-state index contributed by atoms with van der Waals surface area (Å²) in [6, 6.07) is 0. The second-order valence-corrected chi connectivity index (χ2v) is 8.43. The van der Waals surface area contributed by atoms with Gasteiger partial charge in [-0.25, -0.2) is 14.2 Å². The lowest BCUT2D eigenvalue weighted by atomic mass is 10.1. The van der Waals surface area contributed by atoms with Crippen LogP contribution in [0.3, 0.4) is 0 Å². The third kappa shape index (κ3) is 3.95. The predicted molar refractivity (Wildman–Crippen MR) is 118 cm³/mol. The maximum atomic E-state index is 7.65. The third-order valence-corrected chi connectivity index (χ3v) is 6.29. The van der Waals surface area contributed by atoms with Crippen LogP contribution < -0.4 is 16.4 Å². The van der Waals surface area contributed by atoms with Gasteiger partial charge in [0.2, 0.25) is 0 Å². The average molecular weight is 429 g/mol. The molecule has 30 heavy (non-hydrogen) atoms. The number of anilines is 1. The molecule has 2 unspecified atom stereocenters. The molecule has 10 nitrogen and oxygen atoms in total. The topological polar surface area (TPSA) is 115 Å². The number of nitrogen functional groups attached to an aromatic ring is 1. The molecule has 0 aromatic carbocycles. The summed E-state index contributed by atoms with van der Waals surface area (Å²) in [6.07, 6.45) is 8.52. The van der Waals surface area contributed by atoms with Gasteiger partial charge >= 0.3 is 0 Å². The van der Waals surface area contributed by atoms with Gasteiger partial charge in [0.05, 0.1) is 12.3 Å². The van der Waals surface area contributed by atoms with Crippen LogP contribution in [0.4, 0.5) is 23.0 Å². The van der Waals surface area contributed by atoms with E-state index < -0.39 is 0 Å². The molecule has 0 amide bonds. The second-order valence-electron chi connectivity index (χ2n) is 7.63. The molecule has 2 saturated heterocycles. The summed E-state index contributed by atoms with van der Waals surface area (Å²) in [5, 5.41) is 25.8. The Morgan fingerprint density at radius 1 is 1.07 bits per heavy atom. The van der Waals surface area contributed by atoms with Crippen LogP contribution in [0.1, 0.15) is 56.6 Å². The lowest BCUT2D eigenvalue weighted by molar-refractivity contribution is 0.297. The molecule has 4 heterocycles. The van der Waals surface area contributed by atoms with Gasteiger partial charge in [-0.15, -0.1) is 22.0 Å². The monoisotopic (exact) mass is 428 g/mol. The molecule has 0 spiro atoms. The Labute approximate surface area is 180 Å². The lowest BCUT2D eigenvalue weighted by Crippen LogP contribution is -2.32. The van der Waals surface area contributed by atoms with Crippen molar-refractivity contribution in [2.24, 2.45) is 10.2 Å². The molecule has 0 saturated carbocycles. The van der Waals surface area contributed by atoms with Gasteiger partial charge in [-0.1, -0.05) is 0 Å². The first-order chi connectivity index (χ1) is 14.6. The number of hydrogen-bond acceptors (Lipinski definition) is 8. The molecule has 2 aromatic heterocycles. The minimum Gasteiger partial charge on any atom is -0.382 e. The molecule has 0 aliphatic carbocycles. The molecular formula is C19H28N10S. The highest BCUT2D eigenvalue weighted by Gasteiger charge is 2.26. The van der Waals surface area contributed by atoms with Crippen LogP contribution >= 0.6 is 11.8 Å². The van der Waals surface area contributed by atoms with Gasteiger partial charge in [0.15, 0.2) is 17.3 Å². The molecule has 0 bridgehead atoms. The average Bonchev–Trinajstić information content (AvgIpc) is 3.29. The molecule has 2 fully saturated rings. The Hall–Kier alpha value is -2.42. The first-order valence-electron chi connectivity index (χ1n) is 10.4. The summed E-state index contributed by atoms with van der Waals surface area (Å²) in [4.78, 5) is 3.69. The number of azo groups is 1. The van der Waals surface area contributed by atoms with Crippen molar-refractivity contribution in [3.63, 3.8) is 0 Å². The zero-order chi connectivity index (χ0) is 21.1. The fourth-order valence-electron chi connectivity index (χ4n) is 4.04. The van der Waals surface area contributed by atoms with E-state index in [1.807, 2.05) is 17.9 Å². The smallest absolute Gasteiger partial charge is 0.265 e. The number of aryl methyl sites for hydroxylation is 1. The second kappa shape index (κ2) is 9.16. The number of piperidine rings is 2. The summed E-state index contributed by atoms with van der Waals surface area (Å²) in [5.74, 6) is 0.961. The molecule has 4 N–H and O–H groups in total. The Bertz CT molecular complexity index is 957. The molecule has 4 rings (SSSR count). The minimum atomic E-state index is 0.0155. The molecule has 11 heteroatoms. The van der Waals surface area contributed by atoms with E-state index in [1.165, 1.54) is 18.2 Å². The molecule has 2 aliphatic rings. The van der Waals surface area contributed by atoms with Crippen molar-refractivity contribution in [1.82, 2.24) is 30.2 Å². The van der Waals surface area contributed by atoms with Gasteiger partial charge in [0, 0.05) is 0 Å². The van der Waals surface area contributed by atoms with Gasteiger partial charge < -0.3 is 5.73 Å². The Balaban J connectivity index is 1.69. The summed E-state index contributed by atoms with van der Waals surface area (Å²) in [7, 11) is 0. The number of nitrogens with zero attached hydrogens (tertiary/aromatic N) is 7. The maximum Gasteiger partial charge on any atom is 0.265 e. The van der Waals surface area contributed by atoms with Crippen molar-refractivity contribution in [3.8, 4) is 0 Å². The van der Waals surface area contributed by atoms with Gasteiger partial charge in [-0.3, -0.25) is 10.6 Å². The third-order valence-electron chi connectivity index (χ3n) is 5.63. The summed E-state index contributed by atoms with van der Waals surface area (Å²) < 4.78 is 3.62. The van der Waals surface area contributed by atoms with Crippen LogP contribution in [0.25, 0.3) is 4.85 Å². The van der Waals surface area contributed by atoms with Crippen LogP contribution in [0, 0.1) is 13.5 Å². The fourth-order valence-corrected chi connectivity index (χ4v) is 4.54. The molecule has 0 radical (unpaired) electrons. The van der Waals surface area contributed by atoms with Gasteiger partial charge in [0.1, 0.15) is 17.4 Å². The number of thioether (sulfide) groups is 1. The van der Waals surface area contributed by atoms with Crippen molar-refractivity contribution in [2.45, 2.75) is 62.8 Å². The zero-order valence-corrected chi connectivity index (χ0v) is 18.2. The van der Waals surface area contributed by atoms with E-state index >= 15 is 0 Å². The van der Waals surface area contributed by atoms with E-state index in [0.29, 0.717) is 28.0 Å². The standard InChI is InChI=1S/C19H28N10S/c1-12-15(17(20)28(26-12)13-8-4-6-10-22-13)24-25-18-16(21-2)19(30-3)27-29(18)14-9-5-7-11-23-14/h13-14,22-23H,4-11,20H2,1,3H3. The van der Waals surface area contributed by atoms with Crippen LogP contribution in [0.2, 0.25) is 0 Å². The number of nitrogens with one attached hydrogen (secondary N) is 2. The van der Waals surface area contributed by atoms with Crippen molar-refractivity contribution in [3.05, 3.63) is 17.1 Å². The van der Waals surface area contributed by atoms with E-state index in [1.54, 1.807) is 4.68 Å². The number of rotatable bonds is 5. The van der Waals surface area contributed by atoms with Crippen LogP contribution in [0.5, 0.6) is 0 Å². The molecule has 2 aliphatic heterocycles. The van der Waals surface area contributed by atoms with Crippen LogP contribution in [-0.4, -0.2) is 38.9 Å². The van der Waals surface area contributed by atoms with Crippen molar-refractivity contribution < 1.29 is 0 Å². The number of aromatic nitrogens is 4. The summed E-state index contributed by atoms with van der Waals surface area (Å²) >= 11 is 1.45. The van der Waals surface area contributed by atoms with E-state index in [0.717, 1.165) is 50.9 Å². The molecular weight excluding hydrogens is 400 g/mol. The van der Waals surface area contributed by atoms with E-state index in [2.05, 4.69) is 35.9 Å². The Morgan fingerprint density at radius 3 is 2.30 bits per heavy atom. The van der Waals surface area contributed by atoms with Crippen molar-refractivity contribution >= 4 is 34.8 Å². The molecule has 2 aromatic rings. The highest BCUT2D eigenvalue weighted by atomic mass is 32.2. The lowest BCUT2D eigenvalue weighted by Gasteiger charge is -2.24. The molecule has 2 atom stereocenters. The van der Waals surface area contributed by atoms with E-state index in [9.17, 15) is 0 Å². The summed E-state index contributed by atoms with van der Waals surface area (Å²) in [5.41, 5.74) is 8.09. The highest BCUT2D eigenvalue weighted by molar-refractivity contribution is 7.98. The molecule has 160 valence electrons. The highest BCUT2D eigenvalue weighted by Crippen LogP contribution is 2.41. The largest absolute Gasteiger partial charge is 0.382 e. The minimum absolute atomic E-state index is 0.0155. The maximum absolute atomic E-state index is 7.65. The van der Waals surface area contributed by atoms with Crippen LogP contribution in [0.15, 0.2) is 15.3 Å². The first kappa shape index (κ1) is 20.8. The number of nitrogens with two attached hydrogens (primary N) is 1. The van der Waals surface area contributed by atoms with Gasteiger partial charge in [0.25, 0.3) is 5.69 Å². The van der Waals surface area contributed by atoms with Gasteiger partial charge in [-0.2, -0.15) is 10.2 Å². The predicted octanol–water partition coefficient (Wildman–Crippen LogP) is 4.20. The normalized spacial score (nSPS) is 22.4. The summed E-state index contributed by atoms with van der Waals surface area (Å²) in [6.45, 7) is 11.4. The fraction of sp³-hybridized carbons (Fsp3) is 0.632. The Kier molecular flexibility index (Phi) is 6.36. The quantitative estimate of drug-likeness (QED) is 0.373. The SMILES string of the molecule is [C-]#[N+]c1c(SC)nn(C2CCCCN2)c1N=Nc1c(C)nn(C2CCCCN2)c1N. The van der Waals surface area contributed by atoms with Crippen LogP contribution in [-0.2, 0) is 0 Å². The van der Waals surface area contributed by atoms with Crippen molar-refractivity contribution in [2.75, 3.05) is 25.1 Å². The number of hydrogen-bond donors (Lipinski definition) is 3. The van der Waals surface area contributed by atoms with E-state index in [-0.39, 0.29) is 12.3 Å². The first-order valence-corrected chi connectivity index (χ1v) is 11.6. The van der Waals surface area contributed by atoms with Gasteiger partial charge in [-0.05, 0) is 64.8 Å². The zero-order valence-electron chi connectivity index (χ0n) is 17.4.